The summed E-state index contributed by atoms with van der Waals surface area (Å²) in [5.74, 6) is 0. The summed E-state index contributed by atoms with van der Waals surface area (Å²) in [6.07, 6.45) is 3.83. The van der Waals surface area contributed by atoms with Crippen LogP contribution in [-0.2, 0) is 0 Å². The monoisotopic (exact) mass is 225 g/mol. The Morgan fingerprint density at radius 3 is 3.17 bits per heavy atom. The average molecular weight is 226 g/mol. The van der Waals surface area contributed by atoms with Gasteiger partial charge in [-0.25, -0.2) is 9.50 Å². The van der Waals surface area contributed by atoms with Crippen LogP contribution in [0.5, 0.6) is 0 Å². The molecule has 0 atom stereocenters. The fraction of sp³-hybridized carbons (Fsp3) is 0. The van der Waals surface area contributed by atoms with E-state index >= 15 is 0 Å². The number of pyridine rings is 1. The number of carbonyl (C=O) groups excluding carboxylic acids is 1. The summed E-state index contributed by atoms with van der Waals surface area (Å²) in [4.78, 5) is 14.4. The van der Waals surface area contributed by atoms with Gasteiger partial charge in [-0.3, -0.25) is 4.79 Å². The van der Waals surface area contributed by atoms with Crippen molar-refractivity contribution in [2.45, 2.75) is 0 Å². The summed E-state index contributed by atoms with van der Waals surface area (Å²) in [6.45, 7) is 0. The van der Waals surface area contributed by atoms with Crippen molar-refractivity contribution in [3.63, 3.8) is 0 Å². The molecule has 0 radical (unpaired) electrons. The van der Waals surface area contributed by atoms with Gasteiger partial charge in [0.05, 0.1) is 4.47 Å². The first-order chi connectivity index (χ1) is 5.81. The molecule has 0 aliphatic carbocycles. The lowest BCUT2D eigenvalue weighted by molar-refractivity contribution is 0.112. The molecule has 0 aliphatic heterocycles. The molecule has 0 bridgehead atoms. The van der Waals surface area contributed by atoms with Gasteiger partial charge in [-0.1, -0.05) is 0 Å². The van der Waals surface area contributed by atoms with Crippen molar-refractivity contribution in [3.8, 4) is 0 Å². The van der Waals surface area contributed by atoms with Crippen LogP contribution in [-0.4, -0.2) is 20.9 Å². The van der Waals surface area contributed by atoms with Crippen molar-refractivity contribution in [1.82, 2.24) is 14.6 Å². The van der Waals surface area contributed by atoms with Gasteiger partial charge in [-0.15, -0.1) is 0 Å². The standard InChI is InChI=1S/C7H4BrN3O/c8-6-1-5(3-12)2-11-7(6)9-4-10-11/h1-4H. The molecule has 0 aliphatic rings. The number of nitrogens with zero attached hydrogens (tertiary/aromatic N) is 3. The quantitative estimate of drug-likeness (QED) is 0.688. The molecule has 0 fully saturated rings. The van der Waals surface area contributed by atoms with Crippen LogP contribution < -0.4 is 0 Å². The third-order valence-electron chi connectivity index (χ3n) is 1.49. The predicted molar refractivity (Wildman–Crippen MR) is 46.1 cm³/mol. The van der Waals surface area contributed by atoms with Crippen LogP contribution in [0.25, 0.3) is 5.65 Å². The number of carbonyl (C=O) groups is 1. The Morgan fingerprint density at radius 1 is 1.58 bits per heavy atom. The smallest absolute Gasteiger partial charge is 0.169 e. The zero-order chi connectivity index (χ0) is 8.55. The second kappa shape index (κ2) is 2.67. The van der Waals surface area contributed by atoms with Crippen LogP contribution >= 0.6 is 15.9 Å². The van der Waals surface area contributed by atoms with Crippen LogP contribution in [0, 0.1) is 0 Å². The van der Waals surface area contributed by atoms with E-state index in [9.17, 15) is 4.79 Å². The van der Waals surface area contributed by atoms with Crippen LogP contribution in [0.4, 0.5) is 0 Å². The topological polar surface area (TPSA) is 47.3 Å². The number of aldehydes is 1. The Balaban J connectivity index is 2.83. The lowest BCUT2D eigenvalue weighted by Gasteiger charge is -1.95. The Kier molecular flexibility index (Phi) is 1.65. The maximum atomic E-state index is 10.4. The van der Waals surface area contributed by atoms with Gasteiger partial charge in [0, 0.05) is 11.8 Å². The van der Waals surface area contributed by atoms with Crippen LogP contribution in [0.15, 0.2) is 23.1 Å². The Hall–Kier alpha value is -1.23. The maximum absolute atomic E-state index is 10.4. The molecule has 0 aromatic carbocycles. The van der Waals surface area contributed by atoms with Crippen molar-refractivity contribution in [1.29, 1.82) is 0 Å². The normalized spacial score (nSPS) is 10.4. The molecule has 2 aromatic rings. The zero-order valence-electron chi connectivity index (χ0n) is 5.94. The molecule has 0 N–H and O–H groups in total. The lowest BCUT2D eigenvalue weighted by Crippen LogP contribution is -1.91. The predicted octanol–water partition coefficient (Wildman–Crippen LogP) is 1.30. The molecule has 0 spiro atoms. The summed E-state index contributed by atoms with van der Waals surface area (Å²) in [6, 6.07) is 1.71. The highest BCUT2D eigenvalue weighted by molar-refractivity contribution is 9.10. The van der Waals surface area contributed by atoms with E-state index in [1.54, 1.807) is 16.8 Å². The molecule has 5 heteroatoms. The average Bonchev–Trinajstić information content (AvgIpc) is 2.52. The molecule has 4 nitrogen and oxygen atoms in total. The van der Waals surface area contributed by atoms with Crippen LogP contribution in [0.1, 0.15) is 10.4 Å². The number of fused-ring (bicyclic) bond motifs is 1. The summed E-state index contributed by atoms with van der Waals surface area (Å²) in [7, 11) is 0. The van der Waals surface area contributed by atoms with E-state index in [4.69, 9.17) is 0 Å². The first kappa shape index (κ1) is 7.42. The van der Waals surface area contributed by atoms with Crippen molar-refractivity contribution >= 4 is 27.9 Å². The van der Waals surface area contributed by atoms with E-state index < -0.39 is 0 Å². The fourth-order valence-electron chi connectivity index (χ4n) is 0.969. The highest BCUT2D eigenvalue weighted by Crippen LogP contribution is 2.16. The summed E-state index contributed by atoms with van der Waals surface area (Å²) < 4.78 is 2.32. The summed E-state index contributed by atoms with van der Waals surface area (Å²) in [5, 5.41) is 3.90. The molecular weight excluding hydrogens is 222 g/mol. The van der Waals surface area contributed by atoms with Gasteiger partial charge in [0.1, 0.15) is 6.33 Å². The summed E-state index contributed by atoms with van der Waals surface area (Å²) in [5.41, 5.74) is 1.28. The SMILES string of the molecule is O=Cc1cc(Br)c2ncnn2c1. The van der Waals surface area contributed by atoms with Crippen LogP contribution in [0.3, 0.4) is 0 Å². The molecule has 0 saturated heterocycles. The van der Waals surface area contributed by atoms with E-state index in [1.165, 1.54) is 6.33 Å². The van der Waals surface area contributed by atoms with E-state index in [-0.39, 0.29) is 0 Å². The molecular formula is C7H4BrN3O. The third-order valence-corrected chi connectivity index (χ3v) is 2.07. The molecule has 0 amide bonds. The second-order valence-electron chi connectivity index (χ2n) is 2.27. The van der Waals surface area contributed by atoms with Gasteiger partial charge in [0.15, 0.2) is 11.9 Å². The Morgan fingerprint density at radius 2 is 2.42 bits per heavy atom. The lowest BCUT2D eigenvalue weighted by atomic mass is 10.3. The number of halogens is 1. The largest absolute Gasteiger partial charge is 0.298 e. The van der Waals surface area contributed by atoms with Gasteiger partial charge in [-0.05, 0) is 22.0 Å². The van der Waals surface area contributed by atoms with Crippen molar-refractivity contribution < 1.29 is 4.79 Å². The maximum Gasteiger partial charge on any atom is 0.169 e. The minimum atomic E-state index is 0.569. The number of aromatic nitrogens is 3. The molecule has 0 unspecified atom stereocenters. The van der Waals surface area contributed by atoms with E-state index in [0.29, 0.717) is 11.2 Å². The first-order valence-electron chi connectivity index (χ1n) is 3.25. The number of hydrogen-bond donors (Lipinski definition) is 0. The van der Waals surface area contributed by atoms with E-state index in [1.807, 2.05) is 0 Å². The van der Waals surface area contributed by atoms with Crippen molar-refractivity contribution in [2.24, 2.45) is 0 Å². The van der Waals surface area contributed by atoms with Crippen LogP contribution in [0.2, 0.25) is 0 Å². The Bertz CT molecular complexity index is 437. The van der Waals surface area contributed by atoms with Gasteiger partial charge in [0.25, 0.3) is 0 Å². The van der Waals surface area contributed by atoms with Crippen molar-refractivity contribution in [2.75, 3.05) is 0 Å². The van der Waals surface area contributed by atoms with Crippen molar-refractivity contribution in [3.05, 3.63) is 28.6 Å². The second-order valence-corrected chi connectivity index (χ2v) is 3.12. The molecule has 12 heavy (non-hydrogen) atoms. The fourth-order valence-corrected chi connectivity index (χ4v) is 1.52. The van der Waals surface area contributed by atoms with E-state index in [0.717, 1.165) is 10.8 Å². The van der Waals surface area contributed by atoms with Gasteiger partial charge in [-0.2, -0.15) is 5.10 Å². The molecule has 2 heterocycles. The number of rotatable bonds is 1. The third kappa shape index (κ3) is 1.02. The summed E-state index contributed by atoms with van der Waals surface area (Å²) >= 11 is 3.29. The van der Waals surface area contributed by atoms with Gasteiger partial charge in [0.2, 0.25) is 0 Å². The highest BCUT2D eigenvalue weighted by atomic mass is 79.9. The Labute approximate surface area is 76.4 Å². The number of hydrogen-bond acceptors (Lipinski definition) is 3. The molecule has 60 valence electrons. The first-order valence-corrected chi connectivity index (χ1v) is 4.04. The van der Waals surface area contributed by atoms with Gasteiger partial charge < -0.3 is 0 Å². The molecule has 2 aromatic heterocycles. The highest BCUT2D eigenvalue weighted by Gasteiger charge is 2.02. The zero-order valence-corrected chi connectivity index (χ0v) is 7.52. The molecule has 2 rings (SSSR count). The molecule has 0 saturated carbocycles. The minimum absolute atomic E-state index is 0.569. The minimum Gasteiger partial charge on any atom is -0.298 e. The van der Waals surface area contributed by atoms with E-state index in [2.05, 4.69) is 26.0 Å². The van der Waals surface area contributed by atoms with Gasteiger partial charge >= 0.3 is 0 Å².